The van der Waals surface area contributed by atoms with E-state index in [1.54, 1.807) is 0 Å². The number of hydrogen-bond acceptors (Lipinski definition) is 2. The monoisotopic (exact) mass is 223 g/mol. The third kappa shape index (κ3) is 3.63. The summed E-state index contributed by atoms with van der Waals surface area (Å²) in [6.45, 7) is 10.8. The summed E-state index contributed by atoms with van der Waals surface area (Å²) in [6.07, 6.45) is 6.52. The Hall–Kier alpha value is -0.830. The second-order valence-electron chi connectivity index (χ2n) is 4.42. The molecule has 0 aliphatic rings. The van der Waals surface area contributed by atoms with Crippen LogP contribution in [0.5, 0.6) is 0 Å². The number of aromatic nitrogens is 2. The number of hydrogen-bond donors (Lipinski definition) is 1. The highest BCUT2D eigenvalue weighted by Gasteiger charge is 2.15. The lowest BCUT2D eigenvalue weighted by molar-refractivity contribution is 0.367. The highest BCUT2D eigenvalue weighted by atomic mass is 15.3. The van der Waals surface area contributed by atoms with Gasteiger partial charge in [-0.05, 0) is 38.3 Å². The lowest BCUT2D eigenvalue weighted by atomic mass is 9.92. The lowest BCUT2D eigenvalue weighted by Gasteiger charge is -2.22. The van der Waals surface area contributed by atoms with E-state index in [2.05, 4.69) is 44.3 Å². The molecule has 1 heterocycles. The predicted octanol–water partition coefficient (Wildman–Crippen LogP) is 2.47. The first kappa shape index (κ1) is 13.2. The van der Waals surface area contributed by atoms with Gasteiger partial charge in [-0.15, -0.1) is 0 Å². The van der Waals surface area contributed by atoms with Crippen LogP contribution in [-0.4, -0.2) is 22.4 Å². The number of nitrogens with one attached hydrogen (secondary N) is 1. The van der Waals surface area contributed by atoms with Crippen molar-refractivity contribution in [3.8, 4) is 0 Å². The Labute approximate surface area is 99.2 Å². The largest absolute Gasteiger partial charge is 0.314 e. The van der Waals surface area contributed by atoms with Gasteiger partial charge >= 0.3 is 0 Å². The van der Waals surface area contributed by atoms with Gasteiger partial charge in [-0.25, -0.2) is 0 Å². The van der Waals surface area contributed by atoms with Gasteiger partial charge in [-0.3, -0.25) is 4.68 Å². The van der Waals surface area contributed by atoms with Gasteiger partial charge < -0.3 is 5.32 Å². The van der Waals surface area contributed by atoms with E-state index in [1.807, 2.05) is 10.9 Å². The topological polar surface area (TPSA) is 29.9 Å². The molecule has 0 amide bonds. The molecule has 2 atom stereocenters. The molecular weight excluding hydrogens is 198 g/mol. The fourth-order valence-electron chi connectivity index (χ4n) is 2.15. The normalized spacial score (nSPS) is 15.0. The van der Waals surface area contributed by atoms with Crippen molar-refractivity contribution in [3.63, 3.8) is 0 Å². The van der Waals surface area contributed by atoms with Crippen molar-refractivity contribution < 1.29 is 0 Å². The van der Waals surface area contributed by atoms with E-state index in [9.17, 15) is 0 Å². The van der Waals surface area contributed by atoms with Crippen molar-refractivity contribution >= 4 is 0 Å². The first-order valence-electron chi connectivity index (χ1n) is 6.45. The van der Waals surface area contributed by atoms with Crippen molar-refractivity contribution in [1.82, 2.24) is 15.1 Å². The lowest BCUT2D eigenvalue weighted by Crippen LogP contribution is -2.34. The van der Waals surface area contributed by atoms with E-state index in [4.69, 9.17) is 0 Å². The van der Waals surface area contributed by atoms with Crippen LogP contribution in [-0.2, 0) is 13.0 Å². The Kier molecular flexibility index (Phi) is 5.53. The minimum Gasteiger partial charge on any atom is -0.314 e. The molecule has 0 radical (unpaired) electrons. The fourth-order valence-corrected chi connectivity index (χ4v) is 2.15. The van der Waals surface area contributed by atoms with Gasteiger partial charge in [0.15, 0.2) is 0 Å². The third-order valence-corrected chi connectivity index (χ3v) is 3.27. The summed E-state index contributed by atoms with van der Waals surface area (Å²) < 4.78 is 2.00. The maximum absolute atomic E-state index is 4.32. The molecule has 0 aromatic carbocycles. The molecule has 1 aromatic rings. The Morgan fingerprint density at radius 2 is 2.12 bits per heavy atom. The summed E-state index contributed by atoms with van der Waals surface area (Å²) >= 11 is 0. The summed E-state index contributed by atoms with van der Waals surface area (Å²) in [4.78, 5) is 0. The number of aryl methyl sites for hydroxylation is 1. The molecule has 0 saturated carbocycles. The van der Waals surface area contributed by atoms with E-state index in [0.717, 1.165) is 19.5 Å². The molecule has 1 rings (SSSR count). The Balaban J connectivity index is 2.55. The first-order chi connectivity index (χ1) is 7.71. The average Bonchev–Trinajstić information content (AvgIpc) is 2.73. The zero-order chi connectivity index (χ0) is 12.0. The molecule has 1 N–H and O–H groups in total. The minimum absolute atomic E-state index is 0.583. The Bertz CT molecular complexity index is 293. The first-order valence-corrected chi connectivity index (χ1v) is 6.45. The standard InChI is InChI=1S/C13H25N3/c1-5-13(11(4)14-6-2)8-12-9-15-16(7-3)10-12/h9-11,13-14H,5-8H2,1-4H3. The van der Waals surface area contributed by atoms with E-state index < -0.39 is 0 Å². The zero-order valence-electron chi connectivity index (χ0n) is 11.0. The minimum atomic E-state index is 0.583. The number of nitrogens with zero attached hydrogens (tertiary/aromatic N) is 2. The van der Waals surface area contributed by atoms with E-state index in [0.29, 0.717) is 12.0 Å². The van der Waals surface area contributed by atoms with Crippen molar-refractivity contribution in [2.45, 2.75) is 53.1 Å². The molecule has 0 bridgehead atoms. The summed E-state index contributed by atoms with van der Waals surface area (Å²) in [5, 5.41) is 7.83. The second kappa shape index (κ2) is 6.69. The molecule has 0 spiro atoms. The molecule has 16 heavy (non-hydrogen) atoms. The van der Waals surface area contributed by atoms with Gasteiger partial charge in [-0.1, -0.05) is 20.3 Å². The van der Waals surface area contributed by atoms with Gasteiger partial charge in [0, 0.05) is 18.8 Å². The third-order valence-electron chi connectivity index (χ3n) is 3.27. The van der Waals surface area contributed by atoms with Crippen LogP contribution in [0.2, 0.25) is 0 Å². The molecule has 92 valence electrons. The van der Waals surface area contributed by atoms with E-state index in [-0.39, 0.29) is 0 Å². The van der Waals surface area contributed by atoms with Crippen LogP contribution in [0.3, 0.4) is 0 Å². The van der Waals surface area contributed by atoms with Gasteiger partial charge in [0.25, 0.3) is 0 Å². The summed E-state index contributed by atoms with van der Waals surface area (Å²) in [5.74, 6) is 0.703. The molecule has 0 fully saturated rings. The predicted molar refractivity (Wildman–Crippen MR) is 68.5 cm³/mol. The van der Waals surface area contributed by atoms with Crippen LogP contribution in [0, 0.1) is 5.92 Å². The summed E-state index contributed by atoms with van der Waals surface area (Å²) in [7, 11) is 0. The molecule has 0 aliphatic heterocycles. The average molecular weight is 223 g/mol. The van der Waals surface area contributed by atoms with Gasteiger partial charge in [-0.2, -0.15) is 5.10 Å². The Morgan fingerprint density at radius 3 is 2.62 bits per heavy atom. The highest BCUT2D eigenvalue weighted by Crippen LogP contribution is 2.15. The van der Waals surface area contributed by atoms with Gasteiger partial charge in [0.2, 0.25) is 0 Å². The van der Waals surface area contributed by atoms with E-state index in [1.165, 1.54) is 12.0 Å². The van der Waals surface area contributed by atoms with Crippen molar-refractivity contribution in [3.05, 3.63) is 18.0 Å². The van der Waals surface area contributed by atoms with E-state index >= 15 is 0 Å². The molecule has 2 unspecified atom stereocenters. The molecule has 1 aromatic heterocycles. The molecule has 0 saturated heterocycles. The molecular formula is C13H25N3. The van der Waals surface area contributed by atoms with Gasteiger partial charge in [0.1, 0.15) is 0 Å². The van der Waals surface area contributed by atoms with Crippen LogP contribution in [0.25, 0.3) is 0 Å². The van der Waals surface area contributed by atoms with Crippen LogP contribution in [0.15, 0.2) is 12.4 Å². The molecule has 0 aliphatic carbocycles. The summed E-state index contributed by atoms with van der Waals surface area (Å²) in [5.41, 5.74) is 1.36. The van der Waals surface area contributed by atoms with Crippen LogP contribution in [0.1, 0.15) is 39.7 Å². The van der Waals surface area contributed by atoms with Crippen molar-refractivity contribution in [2.75, 3.05) is 6.54 Å². The Morgan fingerprint density at radius 1 is 1.38 bits per heavy atom. The maximum atomic E-state index is 4.32. The molecule has 3 nitrogen and oxygen atoms in total. The summed E-state index contributed by atoms with van der Waals surface area (Å²) in [6, 6.07) is 0.583. The smallest absolute Gasteiger partial charge is 0.0521 e. The van der Waals surface area contributed by atoms with Gasteiger partial charge in [0.05, 0.1) is 6.20 Å². The SMILES string of the molecule is CCNC(C)C(CC)Cc1cnn(CC)c1. The maximum Gasteiger partial charge on any atom is 0.0521 e. The van der Waals surface area contributed by atoms with Crippen LogP contribution < -0.4 is 5.32 Å². The highest BCUT2D eigenvalue weighted by molar-refractivity contribution is 5.05. The second-order valence-corrected chi connectivity index (χ2v) is 4.42. The quantitative estimate of drug-likeness (QED) is 0.769. The molecule has 3 heteroatoms. The fraction of sp³-hybridized carbons (Fsp3) is 0.769. The van der Waals surface area contributed by atoms with Crippen LogP contribution >= 0.6 is 0 Å². The van der Waals surface area contributed by atoms with Crippen LogP contribution in [0.4, 0.5) is 0 Å². The van der Waals surface area contributed by atoms with Crippen molar-refractivity contribution in [1.29, 1.82) is 0 Å². The zero-order valence-corrected chi connectivity index (χ0v) is 11.0. The number of rotatable bonds is 7. The van der Waals surface area contributed by atoms with Crippen molar-refractivity contribution in [2.24, 2.45) is 5.92 Å².